The van der Waals surface area contributed by atoms with Gasteiger partial charge in [0.05, 0.1) is 42.3 Å². The van der Waals surface area contributed by atoms with Crippen molar-refractivity contribution in [2.45, 2.75) is 6.10 Å². The van der Waals surface area contributed by atoms with Crippen LogP contribution in [0.5, 0.6) is 0 Å². The molecule has 1 unspecified atom stereocenters. The number of halogens is 2. The van der Waals surface area contributed by atoms with Gasteiger partial charge in [0.15, 0.2) is 0 Å². The topological polar surface area (TPSA) is 98.8 Å². The first-order valence-electron chi connectivity index (χ1n) is 8.65. The van der Waals surface area contributed by atoms with Crippen molar-refractivity contribution in [2.75, 3.05) is 39.8 Å². The van der Waals surface area contributed by atoms with Crippen LogP contribution in [0.1, 0.15) is 10.4 Å². The second-order valence-corrected chi connectivity index (χ2v) is 6.59. The molecule has 1 aliphatic heterocycles. The summed E-state index contributed by atoms with van der Waals surface area (Å²) in [7, 11) is 1.65. The van der Waals surface area contributed by atoms with E-state index in [2.05, 4.69) is 10.2 Å². The minimum atomic E-state index is -0.957. The fraction of sp³-hybridized carbons (Fsp3) is 0.389. The Morgan fingerprint density at radius 1 is 1.39 bits per heavy atom. The molecule has 0 aliphatic carbocycles. The lowest BCUT2D eigenvalue weighted by atomic mass is 10.1. The smallest absolute Gasteiger partial charge is 0.317 e. The first-order valence-corrected chi connectivity index (χ1v) is 8.65. The normalized spacial score (nSPS) is 17.1. The number of hydrogen-bond acceptors (Lipinski definition) is 5. The highest BCUT2D eigenvalue weighted by Gasteiger charge is 2.29. The van der Waals surface area contributed by atoms with Crippen LogP contribution in [0.4, 0.5) is 8.78 Å². The molecular weight excluding hydrogens is 374 g/mol. The summed E-state index contributed by atoms with van der Waals surface area (Å²) in [6, 6.07) is 3.46. The zero-order valence-corrected chi connectivity index (χ0v) is 15.2. The van der Waals surface area contributed by atoms with Gasteiger partial charge in [0.25, 0.3) is 5.91 Å². The van der Waals surface area contributed by atoms with Crippen LogP contribution in [-0.2, 0) is 9.53 Å². The van der Waals surface area contributed by atoms with Crippen molar-refractivity contribution in [3.63, 3.8) is 0 Å². The second kappa shape index (κ2) is 8.44. The van der Waals surface area contributed by atoms with E-state index in [0.717, 1.165) is 12.1 Å². The average molecular weight is 394 g/mol. The highest BCUT2D eigenvalue weighted by Crippen LogP contribution is 2.28. The van der Waals surface area contributed by atoms with E-state index >= 15 is 0 Å². The third-order valence-corrected chi connectivity index (χ3v) is 4.43. The van der Waals surface area contributed by atoms with Gasteiger partial charge in [0.2, 0.25) is 0 Å². The van der Waals surface area contributed by atoms with E-state index in [0.29, 0.717) is 13.1 Å². The summed E-state index contributed by atoms with van der Waals surface area (Å²) in [6.45, 7) is 0.997. The number of benzene rings is 1. The minimum absolute atomic E-state index is 0.0216. The number of carbonyl (C=O) groups is 2. The second-order valence-electron chi connectivity index (χ2n) is 6.59. The highest BCUT2D eigenvalue weighted by molar-refractivity contribution is 6.00. The summed E-state index contributed by atoms with van der Waals surface area (Å²) in [5.74, 6) is -2.98. The molecule has 1 aromatic carbocycles. The number of rotatable bonds is 6. The molecule has 0 saturated carbocycles. The molecule has 1 atom stereocenters. The Bertz CT molecular complexity index is 853. The number of nitrogens with zero attached hydrogens (tertiary/aromatic N) is 3. The standard InChI is InChI=1S/C18H20F2N4O4/c1-23(10-15(25)26)8-11-9-24(5-6-28-11)18(27)12-7-21-22-17(12)16-13(19)3-2-4-14(16)20/h2-4,7,11H,5-6,8-10H2,1H3,(H,21,22)(H,25,26). The summed E-state index contributed by atoms with van der Waals surface area (Å²) in [6.07, 6.45) is 0.868. The zero-order valence-electron chi connectivity index (χ0n) is 15.2. The van der Waals surface area contributed by atoms with E-state index in [-0.39, 0.29) is 42.6 Å². The van der Waals surface area contributed by atoms with E-state index in [1.54, 1.807) is 11.9 Å². The van der Waals surface area contributed by atoms with Crippen molar-refractivity contribution < 1.29 is 28.2 Å². The van der Waals surface area contributed by atoms with Crippen molar-refractivity contribution in [3.05, 3.63) is 41.6 Å². The summed E-state index contributed by atoms with van der Waals surface area (Å²) < 4.78 is 33.9. The van der Waals surface area contributed by atoms with Crippen molar-refractivity contribution in [3.8, 4) is 11.3 Å². The van der Waals surface area contributed by atoms with Crippen LogP contribution in [0.15, 0.2) is 24.4 Å². The van der Waals surface area contributed by atoms with Crippen LogP contribution < -0.4 is 0 Å². The predicted molar refractivity (Wildman–Crippen MR) is 94.7 cm³/mol. The minimum Gasteiger partial charge on any atom is -0.480 e. The molecule has 8 nitrogen and oxygen atoms in total. The largest absolute Gasteiger partial charge is 0.480 e. The molecule has 1 saturated heterocycles. The van der Waals surface area contributed by atoms with E-state index in [1.807, 2.05) is 0 Å². The number of H-pyrrole nitrogens is 1. The summed E-state index contributed by atoms with van der Waals surface area (Å²) in [4.78, 5) is 26.8. The molecule has 0 bridgehead atoms. The van der Waals surface area contributed by atoms with Crippen molar-refractivity contribution in [1.29, 1.82) is 0 Å². The molecule has 2 N–H and O–H groups in total. The van der Waals surface area contributed by atoms with Gasteiger partial charge in [-0.1, -0.05) is 6.07 Å². The number of carboxylic acid groups (broad SMARTS) is 1. The van der Waals surface area contributed by atoms with E-state index < -0.39 is 23.5 Å². The van der Waals surface area contributed by atoms with E-state index in [1.165, 1.54) is 17.2 Å². The van der Waals surface area contributed by atoms with Gasteiger partial charge >= 0.3 is 5.97 Å². The SMILES string of the molecule is CN(CC(=O)O)CC1CN(C(=O)c2cn[nH]c2-c2c(F)cccc2F)CCO1. The first-order chi connectivity index (χ1) is 13.4. The van der Waals surface area contributed by atoms with Crippen LogP contribution in [0.25, 0.3) is 11.3 Å². The molecule has 1 amide bonds. The Balaban J connectivity index is 1.76. The number of aromatic amines is 1. The van der Waals surface area contributed by atoms with Crippen LogP contribution in [0.2, 0.25) is 0 Å². The number of amides is 1. The fourth-order valence-electron chi connectivity index (χ4n) is 3.20. The van der Waals surface area contributed by atoms with E-state index in [4.69, 9.17) is 9.84 Å². The number of aromatic nitrogens is 2. The highest BCUT2D eigenvalue weighted by atomic mass is 19.1. The number of ether oxygens (including phenoxy) is 1. The molecule has 1 aliphatic rings. The molecule has 0 spiro atoms. The number of carbonyl (C=O) groups excluding carboxylic acids is 1. The predicted octanol–water partition coefficient (Wildman–Crippen LogP) is 1.21. The lowest BCUT2D eigenvalue weighted by molar-refractivity contribution is -0.138. The van der Waals surface area contributed by atoms with Gasteiger partial charge in [-0.3, -0.25) is 19.6 Å². The molecule has 10 heteroatoms. The molecule has 3 rings (SSSR count). The maximum Gasteiger partial charge on any atom is 0.317 e. The quantitative estimate of drug-likeness (QED) is 0.764. The molecule has 2 aromatic rings. The van der Waals surface area contributed by atoms with Gasteiger partial charge in [0, 0.05) is 19.6 Å². The van der Waals surface area contributed by atoms with Gasteiger partial charge in [-0.05, 0) is 19.2 Å². The van der Waals surface area contributed by atoms with Crippen molar-refractivity contribution in [1.82, 2.24) is 20.0 Å². The third kappa shape index (κ3) is 4.34. The molecule has 1 fully saturated rings. The molecule has 0 radical (unpaired) electrons. The lowest BCUT2D eigenvalue weighted by Gasteiger charge is -2.34. The Morgan fingerprint density at radius 2 is 2.11 bits per heavy atom. The third-order valence-electron chi connectivity index (χ3n) is 4.43. The Morgan fingerprint density at radius 3 is 2.79 bits per heavy atom. The maximum absolute atomic E-state index is 14.1. The Kier molecular flexibility index (Phi) is 6.00. The van der Waals surface area contributed by atoms with Gasteiger partial charge < -0.3 is 14.7 Å². The lowest BCUT2D eigenvalue weighted by Crippen LogP contribution is -2.49. The van der Waals surface area contributed by atoms with Crippen LogP contribution in [-0.4, -0.2) is 82.9 Å². The van der Waals surface area contributed by atoms with Crippen LogP contribution >= 0.6 is 0 Å². The molecule has 2 heterocycles. The number of aliphatic carboxylic acids is 1. The number of likely N-dealkylation sites (N-methyl/N-ethyl adjacent to an activating group) is 1. The van der Waals surface area contributed by atoms with Crippen LogP contribution in [0.3, 0.4) is 0 Å². The first kappa shape index (κ1) is 19.9. The zero-order chi connectivity index (χ0) is 20.3. The average Bonchev–Trinajstić information content (AvgIpc) is 3.09. The number of morpholine rings is 1. The molecule has 1 aromatic heterocycles. The summed E-state index contributed by atoms with van der Waals surface area (Å²) in [5.41, 5.74) is -0.301. The fourth-order valence-corrected chi connectivity index (χ4v) is 3.20. The maximum atomic E-state index is 14.1. The molecule has 28 heavy (non-hydrogen) atoms. The summed E-state index contributed by atoms with van der Waals surface area (Å²) >= 11 is 0. The molecular formula is C18H20F2N4O4. The van der Waals surface area contributed by atoms with Gasteiger partial charge in [0.1, 0.15) is 11.6 Å². The Labute approximate surface area is 159 Å². The number of carboxylic acids is 1. The Hall–Kier alpha value is -2.85. The van der Waals surface area contributed by atoms with Gasteiger partial charge in [-0.25, -0.2) is 8.78 Å². The van der Waals surface area contributed by atoms with Crippen LogP contribution in [0, 0.1) is 11.6 Å². The van der Waals surface area contributed by atoms with E-state index in [9.17, 15) is 18.4 Å². The summed E-state index contributed by atoms with van der Waals surface area (Å²) in [5, 5.41) is 15.1. The number of hydrogen-bond donors (Lipinski definition) is 2. The van der Waals surface area contributed by atoms with Crippen molar-refractivity contribution >= 4 is 11.9 Å². The van der Waals surface area contributed by atoms with Crippen molar-refractivity contribution in [2.24, 2.45) is 0 Å². The monoisotopic (exact) mass is 394 g/mol. The number of nitrogens with one attached hydrogen (secondary N) is 1. The molecule has 150 valence electrons. The van der Waals surface area contributed by atoms with Gasteiger partial charge in [-0.2, -0.15) is 5.10 Å². The van der Waals surface area contributed by atoms with Gasteiger partial charge in [-0.15, -0.1) is 0 Å².